The lowest BCUT2D eigenvalue weighted by Crippen LogP contribution is -1.92. The molecule has 0 bridgehead atoms. The van der Waals surface area contributed by atoms with Crippen molar-refractivity contribution in [3.8, 4) is 0 Å². The van der Waals surface area contributed by atoms with Crippen LogP contribution in [-0.4, -0.2) is 0 Å². The highest BCUT2D eigenvalue weighted by Gasteiger charge is 2.00. The summed E-state index contributed by atoms with van der Waals surface area (Å²) in [5, 5.41) is 4.06. The largest absolute Gasteiger partial charge is 0.354 e. The van der Waals surface area contributed by atoms with E-state index in [-0.39, 0.29) is 0 Å². The maximum atomic E-state index is 6.12. The van der Waals surface area contributed by atoms with Gasteiger partial charge < -0.3 is 5.32 Å². The highest BCUT2D eigenvalue weighted by Crippen LogP contribution is 2.26. The molecule has 2 heteroatoms. The second-order valence-corrected chi connectivity index (χ2v) is 4.38. The summed E-state index contributed by atoms with van der Waals surface area (Å²) < 4.78 is 0. The summed E-state index contributed by atoms with van der Waals surface area (Å²) in [5.74, 6) is 0. The van der Waals surface area contributed by atoms with Gasteiger partial charge in [0.2, 0.25) is 0 Å². The van der Waals surface area contributed by atoms with Gasteiger partial charge in [-0.15, -0.1) is 0 Å². The minimum atomic E-state index is 0.743. The molecule has 2 rings (SSSR count). The van der Waals surface area contributed by atoms with Crippen molar-refractivity contribution in [1.29, 1.82) is 0 Å². The van der Waals surface area contributed by atoms with Gasteiger partial charge in [0.25, 0.3) is 0 Å². The first kappa shape index (κ1) is 11.0. The van der Waals surface area contributed by atoms with Gasteiger partial charge in [0.05, 0.1) is 10.7 Å². The molecule has 0 aliphatic heterocycles. The second kappa shape index (κ2) is 4.58. The van der Waals surface area contributed by atoms with E-state index < -0.39 is 0 Å². The molecule has 0 heterocycles. The first-order chi connectivity index (χ1) is 7.65. The molecule has 0 aliphatic carbocycles. The van der Waals surface area contributed by atoms with E-state index in [1.54, 1.807) is 0 Å². The Balaban J connectivity index is 2.30. The van der Waals surface area contributed by atoms with Gasteiger partial charge in [-0.1, -0.05) is 29.8 Å². The van der Waals surface area contributed by atoms with Crippen LogP contribution in [0.1, 0.15) is 11.1 Å². The van der Waals surface area contributed by atoms with Crippen molar-refractivity contribution in [2.24, 2.45) is 0 Å². The number of hydrogen-bond donors (Lipinski definition) is 1. The molecule has 2 aromatic rings. The molecule has 16 heavy (non-hydrogen) atoms. The van der Waals surface area contributed by atoms with Crippen molar-refractivity contribution in [3.63, 3.8) is 0 Å². The van der Waals surface area contributed by atoms with Crippen LogP contribution in [0.5, 0.6) is 0 Å². The van der Waals surface area contributed by atoms with Crippen LogP contribution in [0.15, 0.2) is 42.5 Å². The summed E-state index contributed by atoms with van der Waals surface area (Å²) in [6, 6.07) is 14.2. The topological polar surface area (TPSA) is 12.0 Å². The van der Waals surface area contributed by atoms with Crippen LogP contribution >= 0.6 is 11.6 Å². The Kier molecular flexibility index (Phi) is 3.16. The van der Waals surface area contributed by atoms with Crippen LogP contribution < -0.4 is 5.32 Å². The van der Waals surface area contributed by atoms with Gasteiger partial charge in [-0.3, -0.25) is 0 Å². The second-order valence-electron chi connectivity index (χ2n) is 3.98. The molecular weight excluding hydrogens is 218 g/mol. The smallest absolute Gasteiger partial charge is 0.0641 e. The monoisotopic (exact) mass is 231 g/mol. The minimum Gasteiger partial charge on any atom is -0.354 e. The molecule has 0 spiro atoms. The first-order valence-electron chi connectivity index (χ1n) is 5.25. The molecule has 0 aromatic heterocycles. The van der Waals surface area contributed by atoms with Gasteiger partial charge in [0.1, 0.15) is 0 Å². The quantitative estimate of drug-likeness (QED) is 0.790. The zero-order chi connectivity index (χ0) is 11.5. The van der Waals surface area contributed by atoms with Crippen LogP contribution in [-0.2, 0) is 0 Å². The maximum Gasteiger partial charge on any atom is 0.0641 e. The lowest BCUT2D eigenvalue weighted by molar-refractivity contribution is 1.42. The highest BCUT2D eigenvalue weighted by molar-refractivity contribution is 6.33. The van der Waals surface area contributed by atoms with Crippen LogP contribution in [0.25, 0.3) is 0 Å². The average molecular weight is 232 g/mol. The van der Waals surface area contributed by atoms with Crippen molar-refractivity contribution >= 4 is 23.0 Å². The lowest BCUT2D eigenvalue weighted by Gasteiger charge is -2.09. The fourth-order valence-corrected chi connectivity index (χ4v) is 1.78. The predicted octanol–water partition coefficient (Wildman–Crippen LogP) is 4.70. The van der Waals surface area contributed by atoms with Crippen molar-refractivity contribution in [2.45, 2.75) is 13.8 Å². The van der Waals surface area contributed by atoms with E-state index in [0.717, 1.165) is 16.4 Å². The Labute approximate surface area is 101 Å². The molecule has 0 saturated heterocycles. The summed E-state index contributed by atoms with van der Waals surface area (Å²) in [6.07, 6.45) is 0. The third-order valence-corrected chi connectivity index (χ3v) is 2.75. The highest BCUT2D eigenvalue weighted by atomic mass is 35.5. The van der Waals surface area contributed by atoms with Crippen molar-refractivity contribution in [2.75, 3.05) is 5.32 Å². The molecule has 0 aliphatic rings. The van der Waals surface area contributed by atoms with E-state index >= 15 is 0 Å². The minimum absolute atomic E-state index is 0.743. The van der Waals surface area contributed by atoms with Crippen molar-refractivity contribution < 1.29 is 0 Å². The Hall–Kier alpha value is -1.47. The van der Waals surface area contributed by atoms with Gasteiger partial charge in [0.15, 0.2) is 0 Å². The molecule has 0 radical (unpaired) electrons. The number of anilines is 2. The summed E-state index contributed by atoms with van der Waals surface area (Å²) >= 11 is 6.12. The third-order valence-electron chi connectivity index (χ3n) is 2.42. The van der Waals surface area contributed by atoms with E-state index in [9.17, 15) is 0 Å². The van der Waals surface area contributed by atoms with E-state index in [1.165, 1.54) is 11.1 Å². The number of nitrogens with one attached hydrogen (secondary N) is 1. The standard InChI is InChI=1S/C14H14ClN/c1-10-4-3-5-12(8-10)16-14-9-11(2)6-7-13(14)15/h3-9,16H,1-2H3. The number of halogens is 1. The van der Waals surface area contributed by atoms with E-state index in [0.29, 0.717) is 0 Å². The molecule has 0 fully saturated rings. The zero-order valence-electron chi connectivity index (χ0n) is 9.42. The summed E-state index contributed by atoms with van der Waals surface area (Å²) in [6.45, 7) is 4.13. The zero-order valence-corrected chi connectivity index (χ0v) is 10.2. The van der Waals surface area contributed by atoms with E-state index in [2.05, 4.69) is 31.3 Å². The molecule has 0 unspecified atom stereocenters. The molecule has 82 valence electrons. The Morgan fingerprint density at radius 3 is 2.44 bits per heavy atom. The van der Waals surface area contributed by atoms with Crippen LogP contribution in [0.2, 0.25) is 5.02 Å². The lowest BCUT2D eigenvalue weighted by atomic mass is 10.2. The summed E-state index contributed by atoms with van der Waals surface area (Å²) in [7, 11) is 0. The van der Waals surface area contributed by atoms with Gasteiger partial charge in [-0.2, -0.15) is 0 Å². The fraction of sp³-hybridized carbons (Fsp3) is 0.143. The van der Waals surface area contributed by atoms with Crippen molar-refractivity contribution in [3.05, 3.63) is 58.6 Å². The van der Waals surface area contributed by atoms with E-state index in [4.69, 9.17) is 11.6 Å². The number of rotatable bonds is 2. The van der Waals surface area contributed by atoms with E-state index in [1.807, 2.05) is 30.3 Å². The molecule has 2 aromatic carbocycles. The molecule has 1 nitrogen and oxygen atoms in total. The summed E-state index contributed by atoms with van der Waals surface area (Å²) in [4.78, 5) is 0. The number of hydrogen-bond acceptors (Lipinski definition) is 1. The Morgan fingerprint density at radius 2 is 1.69 bits per heavy atom. The predicted molar refractivity (Wildman–Crippen MR) is 70.7 cm³/mol. The molecule has 0 atom stereocenters. The number of aryl methyl sites for hydroxylation is 2. The van der Waals surface area contributed by atoms with Gasteiger partial charge in [-0.05, 0) is 49.2 Å². The first-order valence-corrected chi connectivity index (χ1v) is 5.63. The van der Waals surface area contributed by atoms with Crippen LogP contribution in [0, 0.1) is 13.8 Å². The SMILES string of the molecule is Cc1cccc(Nc2cc(C)ccc2Cl)c1. The summed E-state index contributed by atoms with van der Waals surface area (Å²) in [5.41, 5.74) is 4.44. The molecule has 0 saturated carbocycles. The maximum absolute atomic E-state index is 6.12. The third kappa shape index (κ3) is 2.56. The fourth-order valence-electron chi connectivity index (χ4n) is 1.61. The van der Waals surface area contributed by atoms with Gasteiger partial charge in [-0.25, -0.2) is 0 Å². The molecule has 1 N–H and O–H groups in total. The average Bonchev–Trinajstić information content (AvgIpc) is 2.24. The molecule has 0 amide bonds. The van der Waals surface area contributed by atoms with Crippen LogP contribution in [0.3, 0.4) is 0 Å². The van der Waals surface area contributed by atoms with Gasteiger partial charge in [0, 0.05) is 5.69 Å². The van der Waals surface area contributed by atoms with Crippen molar-refractivity contribution in [1.82, 2.24) is 0 Å². The van der Waals surface area contributed by atoms with Gasteiger partial charge >= 0.3 is 0 Å². The van der Waals surface area contributed by atoms with Crippen LogP contribution in [0.4, 0.5) is 11.4 Å². The Morgan fingerprint density at radius 1 is 0.938 bits per heavy atom. The Bertz CT molecular complexity index is 506. The normalized spacial score (nSPS) is 10.2. The molecular formula is C14H14ClN. The number of benzene rings is 2.